The molecule has 0 saturated carbocycles. The quantitative estimate of drug-likeness (QED) is 0.843. The van der Waals surface area contributed by atoms with Crippen LogP contribution in [0.2, 0.25) is 0 Å². The van der Waals surface area contributed by atoms with Crippen LogP contribution in [0.25, 0.3) is 0 Å². The molecule has 3 heteroatoms. The summed E-state index contributed by atoms with van der Waals surface area (Å²) in [5.74, 6) is -0.0212. The molecule has 2 atom stereocenters. The van der Waals surface area contributed by atoms with Gasteiger partial charge in [0.15, 0.2) is 0 Å². The monoisotopic (exact) mass is 218 g/mol. The van der Waals surface area contributed by atoms with Crippen LogP contribution in [0.5, 0.6) is 0 Å². The van der Waals surface area contributed by atoms with Crippen molar-refractivity contribution in [3.05, 3.63) is 29.8 Å². The molecule has 0 bridgehead atoms. The zero-order chi connectivity index (χ0) is 12.1. The van der Waals surface area contributed by atoms with Crippen molar-refractivity contribution in [3.63, 3.8) is 0 Å². The molecule has 0 saturated heterocycles. The van der Waals surface area contributed by atoms with Crippen LogP contribution in [-0.2, 0) is 0 Å². The Bertz CT molecular complexity index is 382. The van der Waals surface area contributed by atoms with Crippen LogP contribution < -0.4 is 4.90 Å². The third-order valence-electron chi connectivity index (χ3n) is 2.57. The summed E-state index contributed by atoms with van der Waals surface area (Å²) in [7, 11) is 1.94. The van der Waals surface area contributed by atoms with Crippen LogP contribution in [0, 0.1) is 17.2 Å². The van der Waals surface area contributed by atoms with Gasteiger partial charge < -0.3 is 10.0 Å². The molecule has 1 aromatic carbocycles. The fourth-order valence-electron chi connectivity index (χ4n) is 1.74. The second-order valence-electron chi connectivity index (χ2n) is 4.15. The Morgan fingerprint density at radius 3 is 2.56 bits per heavy atom. The molecule has 0 heterocycles. The predicted molar refractivity (Wildman–Crippen MR) is 65.1 cm³/mol. The molecule has 86 valence electrons. The van der Waals surface area contributed by atoms with E-state index in [-0.39, 0.29) is 5.92 Å². The molecule has 1 unspecified atom stereocenters. The van der Waals surface area contributed by atoms with E-state index in [2.05, 4.69) is 6.07 Å². The minimum atomic E-state index is -0.490. The highest BCUT2D eigenvalue weighted by molar-refractivity contribution is 5.54. The van der Waals surface area contributed by atoms with E-state index < -0.39 is 6.10 Å². The Morgan fingerprint density at radius 1 is 1.38 bits per heavy atom. The Morgan fingerprint density at radius 2 is 2.00 bits per heavy atom. The van der Waals surface area contributed by atoms with Crippen LogP contribution in [-0.4, -0.2) is 18.7 Å². The van der Waals surface area contributed by atoms with Gasteiger partial charge >= 0.3 is 0 Å². The van der Waals surface area contributed by atoms with Crippen LogP contribution in [0.15, 0.2) is 24.3 Å². The van der Waals surface area contributed by atoms with E-state index in [4.69, 9.17) is 5.26 Å². The van der Waals surface area contributed by atoms with Gasteiger partial charge in [-0.15, -0.1) is 0 Å². The highest BCUT2D eigenvalue weighted by Crippen LogP contribution is 2.25. The standard InChI is InChI=1S/C13H18N2O/c1-10(8-14)9-15(3)13-7-5-4-6-12(13)11(2)16/h4-7,10-11,16H,9H2,1-3H3/t10?,11-/m1/s1. The summed E-state index contributed by atoms with van der Waals surface area (Å²) in [6, 6.07) is 9.93. The molecule has 1 N–H and O–H groups in total. The van der Waals surface area contributed by atoms with Crippen LogP contribution >= 0.6 is 0 Å². The molecule has 0 aliphatic carbocycles. The van der Waals surface area contributed by atoms with Crippen molar-refractivity contribution in [2.24, 2.45) is 5.92 Å². The second kappa shape index (κ2) is 5.53. The lowest BCUT2D eigenvalue weighted by Gasteiger charge is -2.24. The molecule has 0 aliphatic rings. The molecule has 1 rings (SSSR count). The van der Waals surface area contributed by atoms with Gasteiger partial charge in [0.05, 0.1) is 18.1 Å². The largest absolute Gasteiger partial charge is 0.389 e. The molecule has 0 amide bonds. The van der Waals surface area contributed by atoms with Gasteiger partial charge in [-0.25, -0.2) is 0 Å². The summed E-state index contributed by atoms with van der Waals surface area (Å²) >= 11 is 0. The molecular weight excluding hydrogens is 200 g/mol. The first-order valence-electron chi connectivity index (χ1n) is 5.44. The van der Waals surface area contributed by atoms with Gasteiger partial charge in [-0.05, 0) is 19.9 Å². The lowest BCUT2D eigenvalue weighted by atomic mass is 10.1. The Balaban J connectivity index is 2.91. The first kappa shape index (κ1) is 12.5. The third-order valence-corrected chi connectivity index (χ3v) is 2.57. The average Bonchev–Trinajstić information content (AvgIpc) is 2.28. The smallest absolute Gasteiger partial charge is 0.0781 e. The van der Waals surface area contributed by atoms with Crippen molar-refractivity contribution >= 4 is 5.69 Å². The van der Waals surface area contributed by atoms with E-state index in [1.807, 2.05) is 43.1 Å². The maximum absolute atomic E-state index is 9.65. The molecule has 0 radical (unpaired) electrons. The average molecular weight is 218 g/mol. The van der Waals surface area contributed by atoms with Crippen molar-refractivity contribution in [2.45, 2.75) is 20.0 Å². The minimum Gasteiger partial charge on any atom is -0.389 e. The maximum Gasteiger partial charge on any atom is 0.0781 e. The number of aliphatic hydroxyl groups excluding tert-OH is 1. The Labute approximate surface area is 96.9 Å². The summed E-state index contributed by atoms with van der Waals surface area (Å²) in [4.78, 5) is 2.01. The van der Waals surface area contributed by atoms with Gasteiger partial charge in [-0.1, -0.05) is 18.2 Å². The number of anilines is 1. The summed E-state index contributed by atoms with van der Waals surface area (Å²) in [5, 5.41) is 18.4. The van der Waals surface area contributed by atoms with Crippen molar-refractivity contribution in [1.29, 1.82) is 5.26 Å². The van der Waals surface area contributed by atoms with Crippen molar-refractivity contribution in [2.75, 3.05) is 18.5 Å². The van der Waals surface area contributed by atoms with Gasteiger partial charge in [-0.3, -0.25) is 0 Å². The molecule has 3 nitrogen and oxygen atoms in total. The van der Waals surface area contributed by atoms with Crippen LogP contribution in [0.1, 0.15) is 25.5 Å². The van der Waals surface area contributed by atoms with Crippen LogP contribution in [0.3, 0.4) is 0 Å². The zero-order valence-corrected chi connectivity index (χ0v) is 10.0. The van der Waals surface area contributed by atoms with E-state index in [0.717, 1.165) is 11.3 Å². The third kappa shape index (κ3) is 2.98. The highest BCUT2D eigenvalue weighted by atomic mass is 16.3. The molecular formula is C13H18N2O. The maximum atomic E-state index is 9.65. The van der Waals surface area contributed by atoms with E-state index in [0.29, 0.717) is 6.54 Å². The Hall–Kier alpha value is -1.53. The number of aliphatic hydroxyl groups is 1. The lowest BCUT2D eigenvalue weighted by molar-refractivity contribution is 0.199. The SMILES string of the molecule is CC(C#N)CN(C)c1ccccc1[C@@H](C)O. The van der Waals surface area contributed by atoms with Crippen molar-refractivity contribution in [1.82, 2.24) is 0 Å². The molecule has 0 spiro atoms. The van der Waals surface area contributed by atoms with Gasteiger partial charge in [0.25, 0.3) is 0 Å². The number of nitrogens with zero attached hydrogens (tertiary/aromatic N) is 2. The molecule has 1 aromatic rings. The minimum absolute atomic E-state index is 0.0212. The van der Waals surface area contributed by atoms with E-state index in [1.54, 1.807) is 6.92 Å². The molecule has 16 heavy (non-hydrogen) atoms. The summed E-state index contributed by atoms with van der Waals surface area (Å²) in [5.41, 5.74) is 1.88. The summed E-state index contributed by atoms with van der Waals surface area (Å²) in [6.07, 6.45) is -0.490. The van der Waals surface area contributed by atoms with Crippen molar-refractivity contribution < 1.29 is 5.11 Å². The van der Waals surface area contributed by atoms with E-state index in [9.17, 15) is 5.11 Å². The Kier molecular flexibility index (Phi) is 4.33. The highest BCUT2D eigenvalue weighted by Gasteiger charge is 2.12. The van der Waals surface area contributed by atoms with Crippen LogP contribution in [0.4, 0.5) is 5.69 Å². The number of rotatable bonds is 4. The fraction of sp³-hybridized carbons (Fsp3) is 0.462. The number of nitriles is 1. The van der Waals surface area contributed by atoms with E-state index in [1.165, 1.54) is 0 Å². The van der Waals surface area contributed by atoms with Gasteiger partial charge in [-0.2, -0.15) is 5.26 Å². The number of para-hydroxylation sites is 1. The van der Waals surface area contributed by atoms with Gasteiger partial charge in [0.1, 0.15) is 0 Å². The second-order valence-corrected chi connectivity index (χ2v) is 4.15. The first-order valence-corrected chi connectivity index (χ1v) is 5.44. The molecule has 0 fully saturated rings. The first-order chi connectivity index (χ1) is 7.56. The zero-order valence-electron chi connectivity index (χ0n) is 10.0. The number of hydrogen-bond acceptors (Lipinski definition) is 3. The lowest BCUT2D eigenvalue weighted by Crippen LogP contribution is -2.24. The number of benzene rings is 1. The van der Waals surface area contributed by atoms with E-state index >= 15 is 0 Å². The predicted octanol–water partition coefficient (Wildman–Crippen LogP) is 2.34. The topological polar surface area (TPSA) is 47.3 Å². The number of hydrogen-bond donors (Lipinski definition) is 1. The normalized spacial score (nSPS) is 13.9. The van der Waals surface area contributed by atoms with Crippen molar-refractivity contribution in [3.8, 4) is 6.07 Å². The van der Waals surface area contributed by atoms with Gasteiger partial charge in [0.2, 0.25) is 0 Å². The molecule has 0 aliphatic heterocycles. The summed E-state index contributed by atoms with van der Waals surface area (Å²) < 4.78 is 0. The molecule has 0 aromatic heterocycles. The fourth-order valence-corrected chi connectivity index (χ4v) is 1.74. The summed E-state index contributed by atoms with van der Waals surface area (Å²) in [6.45, 7) is 4.31. The van der Waals surface area contributed by atoms with Gasteiger partial charge in [0, 0.05) is 24.8 Å².